The van der Waals surface area contributed by atoms with Gasteiger partial charge in [0, 0.05) is 18.2 Å². The van der Waals surface area contributed by atoms with Crippen molar-refractivity contribution in [3.05, 3.63) is 34.9 Å². The molecule has 2 rings (SSSR count). The first kappa shape index (κ1) is 14.5. The molecule has 0 spiro atoms. The van der Waals surface area contributed by atoms with Gasteiger partial charge in [0.15, 0.2) is 0 Å². The number of nitrogens with zero attached hydrogens (tertiary/aromatic N) is 1. The SMILES string of the molecule is Cc1cc(C(N)=S)ccc1CN1CCC(C)CC1C. The van der Waals surface area contributed by atoms with Crippen LogP contribution in [0.4, 0.5) is 0 Å². The van der Waals surface area contributed by atoms with Crippen LogP contribution in [0.5, 0.6) is 0 Å². The first-order valence-corrected chi connectivity index (χ1v) is 7.51. The number of thiocarbonyl (C=S) groups is 1. The third-order valence-corrected chi connectivity index (χ3v) is 4.51. The van der Waals surface area contributed by atoms with E-state index >= 15 is 0 Å². The lowest BCUT2D eigenvalue weighted by Crippen LogP contribution is -2.39. The maximum atomic E-state index is 5.68. The predicted octanol–water partition coefficient (Wildman–Crippen LogP) is 3.25. The summed E-state index contributed by atoms with van der Waals surface area (Å²) in [7, 11) is 0. The van der Waals surface area contributed by atoms with E-state index in [0.29, 0.717) is 11.0 Å². The first-order chi connectivity index (χ1) is 8.97. The van der Waals surface area contributed by atoms with E-state index in [-0.39, 0.29) is 0 Å². The van der Waals surface area contributed by atoms with Crippen LogP contribution in [0.15, 0.2) is 18.2 Å². The highest BCUT2D eigenvalue weighted by Gasteiger charge is 2.23. The van der Waals surface area contributed by atoms with Crippen molar-refractivity contribution in [2.45, 2.75) is 46.2 Å². The standard InChI is InChI=1S/C16H24N2S/c1-11-6-7-18(13(3)8-11)10-15-5-4-14(16(17)19)9-12(15)2/h4-5,9,11,13H,6-8,10H2,1-3H3,(H2,17,19). The molecule has 2 unspecified atom stereocenters. The van der Waals surface area contributed by atoms with E-state index in [1.807, 2.05) is 6.07 Å². The number of rotatable bonds is 3. The molecule has 2 nitrogen and oxygen atoms in total. The van der Waals surface area contributed by atoms with Crippen LogP contribution in [-0.4, -0.2) is 22.5 Å². The summed E-state index contributed by atoms with van der Waals surface area (Å²) < 4.78 is 0. The highest BCUT2D eigenvalue weighted by atomic mass is 32.1. The molecule has 2 atom stereocenters. The third-order valence-electron chi connectivity index (χ3n) is 4.28. The molecule has 19 heavy (non-hydrogen) atoms. The van der Waals surface area contributed by atoms with Gasteiger partial charge < -0.3 is 5.73 Å². The zero-order valence-electron chi connectivity index (χ0n) is 12.1. The van der Waals surface area contributed by atoms with Gasteiger partial charge in [0.25, 0.3) is 0 Å². The van der Waals surface area contributed by atoms with Crippen molar-refractivity contribution in [3.63, 3.8) is 0 Å². The first-order valence-electron chi connectivity index (χ1n) is 7.10. The Kier molecular flexibility index (Phi) is 4.58. The Bertz CT molecular complexity index is 470. The van der Waals surface area contributed by atoms with Gasteiger partial charge >= 0.3 is 0 Å². The van der Waals surface area contributed by atoms with Crippen LogP contribution >= 0.6 is 12.2 Å². The molecule has 0 saturated carbocycles. The van der Waals surface area contributed by atoms with Crippen molar-refractivity contribution in [2.24, 2.45) is 11.7 Å². The van der Waals surface area contributed by atoms with Crippen molar-refractivity contribution in [1.29, 1.82) is 0 Å². The number of hydrogen-bond donors (Lipinski definition) is 1. The minimum absolute atomic E-state index is 0.481. The molecule has 0 aromatic heterocycles. The van der Waals surface area contributed by atoms with Gasteiger partial charge in [0.2, 0.25) is 0 Å². The van der Waals surface area contributed by atoms with E-state index in [2.05, 4.69) is 37.8 Å². The number of nitrogens with two attached hydrogens (primary N) is 1. The second-order valence-corrected chi connectivity index (χ2v) is 6.39. The lowest BCUT2D eigenvalue weighted by Gasteiger charge is -2.36. The molecule has 1 fully saturated rings. The van der Waals surface area contributed by atoms with Crippen LogP contribution in [0.2, 0.25) is 0 Å². The Morgan fingerprint density at radius 3 is 2.74 bits per heavy atom. The number of piperidine rings is 1. The molecule has 1 aliphatic rings. The lowest BCUT2D eigenvalue weighted by atomic mass is 9.92. The molecule has 3 heteroatoms. The van der Waals surface area contributed by atoms with Crippen molar-refractivity contribution in [2.75, 3.05) is 6.54 Å². The van der Waals surface area contributed by atoms with E-state index in [9.17, 15) is 0 Å². The molecule has 1 aliphatic heterocycles. The smallest absolute Gasteiger partial charge is 0.103 e. The summed E-state index contributed by atoms with van der Waals surface area (Å²) in [5, 5.41) is 0. The molecule has 1 aromatic carbocycles. The maximum Gasteiger partial charge on any atom is 0.103 e. The van der Waals surface area contributed by atoms with Crippen LogP contribution in [0, 0.1) is 12.8 Å². The van der Waals surface area contributed by atoms with Crippen LogP contribution in [-0.2, 0) is 6.54 Å². The fourth-order valence-electron chi connectivity index (χ4n) is 2.94. The largest absolute Gasteiger partial charge is 0.389 e. The molecule has 2 N–H and O–H groups in total. The van der Waals surface area contributed by atoms with E-state index < -0.39 is 0 Å². The second-order valence-electron chi connectivity index (χ2n) is 5.95. The van der Waals surface area contributed by atoms with E-state index in [4.69, 9.17) is 18.0 Å². The molecule has 1 saturated heterocycles. The molecule has 1 heterocycles. The van der Waals surface area contributed by atoms with Gasteiger partial charge in [-0.3, -0.25) is 4.90 Å². The normalized spacial score (nSPS) is 24.4. The Balaban J connectivity index is 2.09. The Labute approximate surface area is 122 Å². The Morgan fingerprint density at radius 2 is 2.16 bits per heavy atom. The second kappa shape index (κ2) is 6.02. The van der Waals surface area contributed by atoms with Crippen molar-refractivity contribution in [1.82, 2.24) is 4.90 Å². The van der Waals surface area contributed by atoms with Crippen molar-refractivity contribution >= 4 is 17.2 Å². The van der Waals surface area contributed by atoms with Gasteiger partial charge in [-0.2, -0.15) is 0 Å². The van der Waals surface area contributed by atoms with Gasteiger partial charge in [0.05, 0.1) is 0 Å². The summed E-state index contributed by atoms with van der Waals surface area (Å²) in [4.78, 5) is 3.07. The van der Waals surface area contributed by atoms with Crippen molar-refractivity contribution in [3.8, 4) is 0 Å². The fourth-order valence-corrected chi connectivity index (χ4v) is 3.06. The molecule has 1 aromatic rings. The van der Waals surface area contributed by atoms with E-state index in [1.165, 1.54) is 30.5 Å². The Morgan fingerprint density at radius 1 is 1.42 bits per heavy atom. The molecule has 0 bridgehead atoms. The number of likely N-dealkylation sites (tertiary alicyclic amines) is 1. The highest BCUT2D eigenvalue weighted by Crippen LogP contribution is 2.24. The van der Waals surface area contributed by atoms with Crippen molar-refractivity contribution < 1.29 is 0 Å². The summed E-state index contributed by atoms with van der Waals surface area (Å²) in [5.41, 5.74) is 9.32. The average molecular weight is 276 g/mol. The fraction of sp³-hybridized carbons (Fsp3) is 0.562. The zero-order valence-corrected chi connectivity index (χ0v) is 13.0. The zero-order chi connectivity index (χ0) is 14.0. The molecule has 0 radical (unpaired) electrons. The molecular formula is C16H24N2S. The quantitative estimate of drug-likeness (QED) is 0.859. The van der Waals surface area contributed by atoms with Crippen LogP contribution in [0.3, 0.4) is 0 Å². The predicted molar refractivity (Wildman–Crippen MR) is 85.3 cm³/mol. The minimum Gasteiger partial charge on any atom is -0.389 e. The molecule has 104 valence electrons. The average Bonchev–Trinajstić information content (AvgIpc) is 2.34. The minimum atomic E-state index is 0.481. The molecular weight excluding hydrogens is 252 g/mol. The van der Waals surface area contributed by atoms with Gasteiger partial charge in [-0.15, -0.1) is 0 Å². The van der Waals surface area contributed by atoms with Crippen LogP contribution < -0.4 is 5.73 Å². The van der Waals surface area contributed by atoms with Gasteiger partial charge in [-0.05, 0) is 56.3 Å². The monoisotopic (exact) mass is 276 g/mol. The number of aryl methyl sites for hydroxylation is 1. The summed E-state index contributed by atoms with van der Waals surface area (Å²) in [6, 6.07) is 7.00. The summed E-state index contributed by atoms with van der Waals surface area (Å²) in [6.45, 7) is 9.09. The highest BCUT2D eigenvalue weighted by molar-refractivity contribution is 7.80. The lowest BCUT2D eigenvalue weighted by molar-refractivity contribution is 0.122. The topological polar surface area (TPSA) is 29.3 Å². The molecule has 0 amide bonds. The number of hydrogen-bond acceptors (Lipinski definition) is 2. The Hall–Kier alpha value is -0.930. The maximum absolute atomic E-state index is 5.68. The summed E-state index contributed by atoms with van der Waals surface area (Å²) >= 11 is 5.03. The summed E-state index contributed by atoms with van der Waals surface area (Å²) in [6.07, 6.45) is 2.62. The van der Waals surface area contributed by atoms with Gasteiger partial charge in [-0.25, -0.2) is 0 Å². The number of benzene rings is 1. The van der Waals surface area contributed by atoms with Gasteiger partial charge in [-0.1, -0.05) is 31.3 Å². The summed E-state index contributed by atoms with van der Waals surface area (Å²) in [5.74, 6) is 0.865. The third kappa shape index (κ3) is 3.54. The van der Waals surface area contributed by atoms with Gasteiger partial charge in [0.1, 0.15) is 4.99 Å². The van der Waals surface area contributed by atoms with E-state index in [1.54, 1.807) is 0 Å². The van der Waals surface area contributed by atoms with Crippen LogP contribution in [0.1, 0.15) is 43.4 Å². The molecule has 0 aliphatic carbocycles. The van der Waals surface area contributed by atoms with Crippen LogP contribution in [0.25, 0.3) is 0 Å². The van der Waals surface area contributed by atoms with E-state index in [0.717, 1.165) is 18.0 Å².